The number of hydrogen-bond acceptors (Lipinski definition) is 3. The van der Waals surface area contributed by atoms with Crippen LogP contribution in [0.25, 0.3) is 0 Å². The molecule has 0 saturated heterocycles. The van der Waals surface area contributed by atoms with E-state index in [1.807, 2.05) is 12.1 Å². The average molecular weight is 273 g/mol. The minimum Gasteiger partial charge on any atom is -0.507 e. The Labute approximate surface area is 96.6 Å². The van der Waals surface area contributed by atoms with Gasteiger partial charge in [-0.25, -0.2) is 0 Å². The van der Waals surface area contributed by atoms with Crippen LogP contribution in [0, 0.1) is 0 Å². The van der Waals surface area contributed by atoms with E-state index >= 15 is 0 Å². The number of phenolic OH excluding ortho intramolecular Hbond substituents is 1. The highest BCUT2D eigenvalue weighted by atomic mass is 79.9. The summed E-state index contributed by atoms with van der Waals surface area (Å²) in [5.74, 6) is -0.0923. The lowest BCUT2D eigenvalue weighted by Crippen LogP contribution is -2.21. The van der Waals surface area contributed by atoms with E-state index in [1.54, 1.807) is 6.07 Å². The summed E-state index contributed by atoms with van der Waals surface area (Å²) in [4.78, 5) is 10.5. The Hall–Kier alpha value is -1.07. The van der Waals surface area contributed by atoms with Gasteiger partial charge < -0.3 is 16.2 Å². The summed E-state index contributed by atoms with van der Waals surface area (Å²) < 4.78 is 0.664. The van der Waals surface area contributed by atoms with E-state index in [1.165, 1.54) is 0 Å². The third-order valence-electron chi connectivity index (χ3n) is 1.89. The SMILES string of the molecule is NC(=O)CCNCc1ccc(O)c(Br)c1. The first-order valence-electron chi connectivity index (χ1n) is 4.56. The molecule has 0 aromatic heterocycles. The molecule has 1 aromatic rings. The van der Waals surface area contributed by atoms with Crippen molar-refractivity contribution in [2.45, 2.75) is 13.0 Å². The van der Waals surface area contributed by atoms with Crippen LogP contribution in [0.1, 0.15) is 12.0 Å². The molecule has 4 nitrogen and oxygen atoms in total. The second-order valence-electron chi connectivity index (χ2n) is 3.18. The molecule has 0 spiro atoms. The quantitative estimate of drug-likeness (QED) is 0.704. The molecule has 0 aliphatic heterocycles. The molecule has 0 unspecified atom stereocenters. The zero-order valence-corrected chi connectivity index (χ0v) is 9.75. The molecule has 0 atom stereocenters. The predicted molar refractivity (Wildman–Crippen MR) is 61.3 cm³/mol. The van der Waals surface area contributed by atoms with E-state index in [-0.39, 0.29) is 11.7 Å². The maximum Gasteiger partial charge on any atom is 0.218 e. The molecule has 0 aliphatic rings. The number of benzene rings is 1. The number of nitrogens with one attached hydrogen (secondary N) is 1. The van der Waals surface area contributed by atoms with Gasteiger partial charge in [0.2, 0.25) is 5.91 Å². The summed E-state index contributed by atoms with van der Waals surface area (Å²) in [6.45, 7) is 1.21. The van der Waals surface area contributed by atoms with E-state index in [4.69, 9.17) is 5.73 Å². The lowest BCUT2D eigenvalue weighted by molar-refractivity contribution is -0.117. The smallest absolute Gasteiger partial charge is 0.218 e. The van der Waals surface area contributed by atoms with Crippen LogP contribution in [0.2, 0.25) is 0 Å². The largest absolute Gasteiger partial charge is 0.507 e. The van der Waals surface area contributed by atoms with Crippen molar-refractivity contribution in [3.63, 3.8) is 0 Å². The normalized spacial score (nSPS) is 10.2. The molecule has 0 saturated carbocycles. The molecule has 0 heterocycles. The van der Waals surface area contributed by atoms with Crippen molar-refractivity contribution >= 4 is 21.8 Å². The fourth-order valence-corrected chi connectivity index (χ4v) is 1.53. The Morgan fingerprint density at radius 2 is 2.27 bits per heavy atom. The van der Waals surface area contributed by atoms with Gasteiger partial charge >= 0.3 is 0 Å². The van der Waals surface area contributed by atoms with Crippen LogP contribution in [0.3, 0.4) is 0 Å². The Bertz CT molecular complexity index is 355. The lowest BCUT2D eigenvalue weighted by atomic mass is 10.2. The van der Waals surface area contributed by atoms with Gasteiger partial charge in [0.1, 0.15) is 5.75 Å². The number of carbonyl (C=O) groups excluding carboxylic acids is 1. The molecule has 1 amide bonds. The summed E-state index contributed by atoms with van der Waals surface area (Å²) in [6.07, 6.45) is 0.333. The van der Waals surface area contributed by atoms with E-state index < -0.39 is 0 Å². The number of primary amides is 1. The number of rotatable bonds is 5. The molecule has 0 bridgehead atoms. The number of amides is 1. The van der Waals surface area contributed by atoms with Gasteiger partial charge in [-0.1, -0.05) is 6.07 Å². The monoisotopic (exact) mass is 272 g/mol. The van der Waals surface area contributed by atoms with Crippen LogP contribution in [0.4, 0.5) is 0 Å². The summed E-state index contributed by atoms with van der Waals surface area (Å²) in [5, 5.41) is 12.3. The minimum absolute atomic E-state index is 0.218. The molecular weight excluding hydrogens is 260 g/mol. The molecule has 82 valence electrons. The van der Waals surface area contributed by atoms with Crippen molar-refractivity contribution in [2.75, 3.05) is 6.54 Å². The third-order valence-corrected chi connectivity index (χ3v) is 2.52. The van der Waals surface area contributed by atoms with Crippen LogP contribution < -0.4 is 11.1 Å². The first-order valence-corrected chi connectivity index (χ1v) is 5.35. The number of halogens is 1. The zero-order chi connectivity index (χ0) is 11.3. The van der Waals surface area contributed by atoms with Gasteiger partial charge in [0.15, 0.2) is 0 Å². The van der Waals surface area contributed by atoms with Crippen molar-refractivity contribution in [1.29, 1.82) is 0 Å². The fraction of sp³-hybridized carbons (Fsp3) is 0.300. The van der Waals surface area contributed by atoms with Gasteiger partial charge in [-0.15, -0.1) is 0 Å². The van der Waals surface area contributed by atoms with E-state index in [0.29, 0.717) is 24.0 Å². The molecule has 4 N–H and O–H groups in total. The summed E-state index contributed by atoms with van der Waals surface area (Å²) in [6, 6.07) is 5.26. The highest BCUT2D eigenvalue weighted by molar-refractivity contribution is 9.10. The number of carbonyl (C=O) groups is 1. The molecule has 0 radical (unpaired) electrons. The number of hydrogen-bond donors (Lipinski definition) is 3. The first-order chi connectivity index (χ1) is 7.09. The fourth-order valence-electron chi connectivity index (χ4n) is 1.10. The van der Waals surface area contributed by atoms with E-state index in [9.17, 15) is 9.90 Å². The van der Waals surface area contributed by atoms with Crippen LogP contribution >= 0.6 is 15.9 Å². The molecular formula is C10H13BrN2O2. The first kappa shape index (κ1) is 12.0. The van der Waals surface area contributed by atoms with E-state index in [2.05, 4.69) is 21.2 Å². The molecule has 0 fully saturated rings. The molecule has 1 rings (SSSR count). The predicted octanol–water partition coefficient (Wildman–Crippen LogP) is 1.12. The number of aromatic hydroxyl groups is 1. The zero-order valence-electron chi connectivity index (χ0n) is 8.16. The van der Waals surface area contributed by atoms with Crippen LogP contribution in [-0.4, -0.2) is 17.6 Å². The third kappa shape index (κ3) is 4.31. The van der Waals surface area contributed by atoms with Gasteiger partial charge in [-0.05, 0) is 33.6 Å². The Kier molecular flexibility index (Phi) is 4.58. The molecule has 15 heavy (non-hydrogen) atoms. The molecule has 5 heteroatoms. The number of phenols is 1. The topological polar surface area (TPSA) is 75.4 Å². The van der Waals surface area contributed by atoms with Gasteiger partial charge in [-0.2, -0.15) is 0 Å². The maximum atomic E-state index is 10.5. The van der Waals surface area contributed by atoms with Gasteiger partial charge in [0.05, 0.1) is 4.47 Å². The second kappa shape index (κ2) is 5.72. The summed E-state index contributed by atoms with van der Waals surface area (Å²) in [5.41, 5.74) is 6.03. The van der Waals surface area contributed by atoms with Crippen molar-refractivity contribution < 1.29 is 9.90 Å². The second-order valence-corrected chi connectivity index (χ2v) is 4.03. The van der Waals surface area contributed by atoms with Crippen LogP contribution in [0.15, 0.2) is 22.7 Å². The van der Waals surface area contributed by atoms with Crippen molar-refractivity contribution in [3.05, 3.63) is 28.2 Å². The Morgan fingerprint density at radius 3 is 2.87 bits per heavy atom. The minimum atomic E-state index is -0.311. The summed E-state index contributed by atoms with van der Waals surface area (Å²) >= 11 is 3.23. The average Bonchev–Trinajstić information content (AvgIpc) is 2.18. The molecule has 0 aliphatic carbocycles. The van der Waals surface area contributed by atoms with Crippen molar-refractivity contribution in [3.8, 4) is 5.75 Å². The standard InChI is InChI=1S/C10H13BrN2O2/c11-8-5-7(1-2-9(8)14)6-13-4-3-10(12)15/h1-2,5,13-14H,3-4,6H2,(H2,12,15). The van der Waals surface area contributed by atoms with Gasteiger partial charge in [0, 0.05) is 19.5 Å². The van der Waals surface area contributed by atoms with E-state index in [0.717, 1.165) is 5.56 Å². The molecule has 1 aromatic carbocycles. The maximum absolute atomic E-state index is 10.5. The van der Waals surface area contributed by atoms with Crippen LogP contribution in [-0.2, 0) is 11.3 Å². The lowest BCUT2D eigenvalue weighted by Gasteiger charge is -2.04. The van der Waals surface area contributed by atoms with Crippen molar-refractivity contribution in [1.82, 2.24) is 5.32 Å². The highest BCUT2D eigenvalue weighted by Gasteiger charge is 1.99. The van der Waals surface area contributed by atoms with Gasteiger partial charge in [0.25, 0.3) is 0 Å². The van der Waals surface area contributed by atoms with Crippen LogP contribution in [0.5, 0.6) is 5.75 Å². The van der Waals surface area contributed by atoms with Gasteiger partial charge in [-0.3, -0.25) is 4.79 Å². The summed E-state index contributed by atoms with van der Waals surface area (Å²) in [7, 11) is 0. The number of nitrogens with two attached hydrogens (primary N) is 1. The highest BCUT2D eigenvalue weighted by Crippen LogP contribution is 2.23. The Morgan fingerprint density at radius 1 is 1.53 bits per heavy atom. The Balaban J connectivity index is 2.38. The van der Waals surface area contributed by atoms with Crippen molar-refractivity contribution in [2.24, 2.45) is 5.73 Å².